The molecule has 0 saturated heterocycles. The fraction of sp³-hybridized carbons (Fsp3) is 0.810. The lowest BCUT2D eigenvalue weighted by Gasteiger charge is -2.35. The van der Waals surface area contributed by atoms with Crippen LogP contribution in [-0.4, -0.2) is 42.5 Å². The minimum absolute atomic E-state index is 1.19. The molecule has 0 N–H and O–H groups in total. The maximum Gasteiger partial charge on any atom is 0.673 e. The van der Waals surface area contributed by atoms with Gasteiger partial charge in [-0.1, -0.05) is 38.5 Å². The second-order valence-electron chi connectivity index (χ2n) is 7.61. The Kier molecular flexibility index (Phi) is 15.3. The van der Waals surface area contributed by atoms with E-state index >= 15 is 0 Å². The molecule has 0 aliphatic heterocycles. The van der Waals surface area contributed by atoms with Gasteiger partial charge >= 0.3 is 7.25 Å². The highest BCUT2D eigenvalue weighted by atomic mass is 19.5. The fourth-order valence-electron chi connectivity index (χ4n) is 3.64. The van der Waals surface area contributed by atoms with Crippen LogP contribution in [-0.2, 0) is 6.54 Å². The van der Waals surface area contributed by atoms with Crippen LogP contribution < -0.4 is 0 Å². The molecule has 7 heteroatoms. The Morgan fingerprint density at radius 2 is 1.00 bits per heavy atom. The standard InChI is InChI=1S/C21H41N2.BF4/c1-4-23(5-2,6-3)21-17-13-11-9-7-8-10-12-14-18-22-19-15-16-20-22;2-1(3,4)5/h15-16,19-20H,4-14,17-18,21H2,1-3H3;/q+1;-1. The van der Waals surface area contributed by atoms with Crippen LogP contribution in [0.25, 0.3) is 0 Å². The van der Waals surface area contributed by atoms with E-state index < -0.39 is 7.25 Å². The Morgan fingerprint density at radius 3 is 1.39 bits per heavy atom. The topological polar surface area (TPSA) is 4.93 Å². The van der Waals surface area contributed by atoms with Crippen molar-refractivity contribution >= 4 is 7.25 Å². The van der Waals surface area contributed by atoms with E-state index in [-0.39, 0.29) is 0 Å². The van der Waals surface area contributed by atoms with Gasteiger partial charge in [0.25, 0.3) is 0 Å². The molecule has 2 nitrogen and oxygen atoms in total. The number of rotatable bonds is 15. The average molecular weight is 408 g/mol. The molecule has 0 aliphatic rings. The molecule has 0 fully saturated rings. The number of hydrogen-bond acceptors (Lipinski definition) is 0. The number of aromatic nitrogens is 1. The first-order valence-corrected chi connectivity index (χ1v) is 11.1. The van der Waals surface area contributed by atoms with Crippen LogP contribution in [0.1, 0.15) is 78.6 Å². The first kappa shape index (κ1) is 27.0. The van der Waals surface area contributed by atoms with Crippen molar-refractivity contribution in [1.29, 1.82) is 0 Å². The second kappa shape index (κ2) is 15.9. The summed E-state index contributed by atoms with van der Waals surface area (Å²) in [5.41, 5.74) is 0. The maximum absolute atomic E-state index is 9.75. The lowest BCUT2D eigenvalue weighted by molar-refractivity contribution is -0.923. The number of unbranched alkanes of at least 4 members (excludes halogenated alkanes) is 8. The molecule has 0 atom stereocenters. The van der Waals surface area contributed by atoms with E-state index in [0.29, 0.717) is 0 Å². The lowest BCUT2D eigenvalue weighted by Crippen LogP contribution is -2.48. The van der Waals surface area contributed by atoms with Crippen molar-refractivity contribution in [3.63, 3.8) is 0 Å². The summed E-state index contributed by atoms with van der Waals surface area (Å²) in [4.78, 5) is 0. The minimum Gasteiger partial charge on any atom is -0.418 e. The van der Waals surface area contributed by atoms with Crippen LogP contribution in [0.15, 0.2) is 24.5 Å². The van der Waals surface area contributed by atoms with Gasteiger partial charge in [0.1, 0.15) is 0 Å². The largest absolute Gasteiger partial charge is 0.673 e. The van der Waals surface area contributed by atoms with E-state index in [2.05, 4.69) is 49.9 Å². The van der Waals surface area contributed by atoms with Gasteiger partial charge in [0.05, 0.1) is 26.2 Å². The van der Waals surface area contributed by atoms with Crippen molar-refractivity contribution in [3.8, 4) is 0 Å². The van der Waals surface area contributed by atoms with E-state index in [1.807, 2.05) is 0 Å². The van der Waals surface area contributed by atoms with Crippen molar-refractivity contribution in [2.75, 3.05) is 26.2 Å². The predicted molar refractivity (Wildman–Crippen MR) is 113 cm³/mol. The molecular weight excluding hydrogens is 367 g/mol. The van der Waals surface area contributed by atoms with Crippen LogP contribution in [0.5, 0.6) is 0 Å². The SMILES string of the molecule is CC[N+](CC)(CC)CCCCCCCCCCCn1cccc1.F[B-](F)(F)F. The number of aryl methyl sites for hydroxylation is 1. The molecule has 166 valence electrons. The summed E-state index contributed by atoms with van der Waals surface area (Å²) >= 11 is 0. The van der Waals surface area contributed by atoms with E-state index in [0.717, 1.165) is 0 Å². The Hall–Kier alpha value is -0.975. The summed E-state index contributed by atoms with van der Waals surface area (Å²) in [5, 5.41) is 0. The Labute approximate surface area is 170 Å². The predicted octanol–water partition coefficient (Wildman–Crippen LogP) is 7.18. The van der Waals surface area contributed by atoms with E-state index in [9.17, 15) is 17.3 Å². The van der Waals surface area contributed by atoms with Crippen molar-refractivity contribution in [1.82, 2.24) is 4.57 Å². The van der Waals surface area contributed by atoms with Crippen LogP contribution in [0.4, 0.5) is 17.3 Å². The monoisotopic (exact) mass is 408 g/mol. The van der Waals surface area contributed by atoms with E-state index in [1.54, 1.807) is 0 Å². The summed E-state index contributed by atoms with van der Waals surface area (Å²) in [6.45, 7) is 13.5. The number of nitrogens with zero attached hydrogens (tertiary/aromatic N) is 2. The second-order valence-corrected chi connectivity index (χ2v) is 7.61. The molecule has 28 heavy (non-hydrogen) atoms. The van der Waals surface area contributed by atoms with Crippen molar-refractivity contribution in [2.45, 2.75) is 85.1 Å². The Morgan fingerprint density at radius 1 is 0.643 bits per heavy atom. The highest BCUT2D eigenvalue weighted by Gasteiger charge is 2.20. The molecule has 0 bridgehead atoms. The zero-order chi connectivity index (χ0) is 21.3. The van der Waals surface area contributed by atoms with Gasteiger partial charge < -0.3 is 26.3 Å². The summed E-state index contributed by atoms with van der Waals surface area (Å²) in [7, 11) is -6.00. The molecule has 0 radical (unpaired) electrons. The van der Waals surface area contributed by atoms with Crippen LogP contribution in [0, 0.1) is 0 Å². The molecule has 0 amide bonds. The van der Waals surface area contributed by atoms with Gasteiger partial charge in [-0.15, -0.1) is 0 Å². The third kappa shape index (κ3) is 16.0. The molecule has 1 aromatic rings. The van der Waals surface area contributed by atoms with Crippen molar-refractivity contribution < 1.29 is 21.7 Å². The third-order valence-electron chi connectivity index (χ3n) is 5.73. The average Bonchev–Trinajstić information content (AvgIpc) is 3.15. The summed E-state index contributed by atoms with van der Waals surface area (Å²) in [6, 6.07) is 4.23. The highest BCUT2D eigenvalue weighted by molar-refractivity contribution is 6.50. The lowest BCUT2D eigenvalue weighted by atomic mass is 10.1. The summed E-state index contributed by atoms with van der Waals surface area (Å²) in [5.74, 6) is 0. The van der Waals surface area contributed by atoms with Gasteiger partial charge in [-0.3, -0.25) is 0 Å². The van der Waals surface area contributed by atoms with E-state index in [1.165, 1.54) is 95.0 Å². The van der Waals surface area contributed by atoms with Crippen molar-refractivity contribution in [3.05, 3.63) is 24.5 Å². The highest BCUT2D eigenvalue weighted by Crippen LogP contribution is 2.13. The Bertz CT molecular complexity index is 431. The molecule has 0 saturated carbocycles. The molecule has 1 aromatic heterocycles. The van der Waals surface area contributed by atoms with Crippen LogP contribution in [0.2, 0.25) is 0 Å². The van der Waals surface area contributed by atoms with Gasteiger partial charge in [-0.05, 0) is 52.2 Å². The molecule has 0 spiro atoms. The molecule has 0 aliphatic carbocycles. The molecule has 1 rings (SSSR count). The van der Waals surface area contributed by atoms with Crippen LogP contribution in [0.3, 0.4) is 0 Å². The number of halogens is 4. The minimum atomic E-state index is -6.00. The number of quaternary nitrogens is 1. The van der Waals surface area contributed by atoms with Gasteiger partial charge in [0.2, 0.25) is 0 Å². The van der Waals surface area contributed by atoms with Gasteiger partial charge in [-0.25, -0.2) is 0 Å². The fourth-order valence-corrected chi connectivity index (χ4v) is 3.64. The first-order valence-electron chi connectivity index (χ1n) is 11.1. The van der Waals surface area contributed by atoms with Gasteiger partial charge in [-0.2, -0.15) is 0 Å². The molecule has 0 aromatic carbocycles. The zero-order valence-corrected chi connectivity index (χ0v) is 18.2. The summed E-state index contributed by atoms with van der Waals surface area (Å²) < 4.78 is 42.6. The van der Waals surface area contributed by atoms with Crippen LogP contribution >= 0.6 is 0 Å². The molecule has 1 heterocycles. The smallest absolute Gasteiger partial charge is 0.418 e. The zero-order valence-electron chi connectivity index (χ0n) is 18.2. The molecule has 0 unspecified atom stereocenters. The van der Waals surface area contributed by atoms with Gasteiger partial charge in [0.15, 0.2) is 0 Å². The van der Waals surface area contributed by atoms with Crippen molar-refractivity contribution in [2.24, 2.45) is 0 Å². The van der Waals surface area contributed by atoms with Gasteiger partial charge in [0, 0.05) is 18.9 Å². The Balaban J connectivity index is 0.00000129. The normalized spacial score (nSPS) is 12.0. The number of hydrogen-bond donors (Lipinski definition) is 0. The quantitative estimate of drug-likeness (QED) is 0.125. The molecular formula is C21H41BF4N2. The maximum atomic E-state index is 9.75. The third-order valence-corrected chi connectivity index (χ3v) is 5.73. The summed E-state index contributed by atoms with van der Waals surface area (Å²) in [6.07, 6.45) is 17.1. The first-order chi connectivity index (χ1) is 13.3. The van der Waals surface area contributed by atoms with E-state index in [4.69, 9.17) is 0 Å².